The molecule has 2 aromatic rings. The number of nitrogens with zero attached hydrogens (tertiary/aromatic N) is 1. The molecule has 1 amide bonds. The normalized spacial score (nSPS) is 15.2. The number of piperidine rings is 1. The fraction of sp³-hybridized carbons (Fsp3) is 0.286. The molecule has 1 aliphatic rings. The lowest BCUT2D eigenvalue weighted by atomic mass is 10.1. The quantitative estimate of drug-likeness (QED) is 0.815. The summed E-state index contributed by atoms with van der Waals surface area (Å²) < 4.78 is 41.4. The van der Waals surface area contributed by atoms with Crippen molar-refractivity contribution in [2.75, 3.05) is 18.4 Å². The van der Waals surface area contributed by atoms with Gasteiger partial charge in [0.25, 0.3) is 5.91 Å². The van der Waals surface area contributed by atoms with E-state index in [1.54, 1.807) is 12.1 Å². The Kier molecular flexibility index (Phi) is 5.96. The highest BCUT2D eigenvalue weighted by Crippen LogP contribution is 2.24. The Labute approximate surface area is 164 Å². The number of nitrogens with one attached hydrogen (secondary N) is 1. The van der Waals surface area contributed by atoms with Gasteiger partial charge in [-0.2, -0.15) is 4.31 Å². The van der Waals surface area contributed by atoms with E-state index in [1.807, 2.05) is 19.1 Å². The van der Waals surface area contributed by atoms with Crippen LogP contribution in [-0.4, -0.2) is 31.7 Å². The fourth-order valence-electron chi connectivity index (χ4n) is 3.18. The van der Waals surface area contributed by atoms with Gasteiger partial charge >= 0.3 is 0 Å². The second kappa shape index (κ2) is 8.24. The molecule has 7 heteroatoms. The minimum absolute atomic E-state index is 0.0717. The average Bonchev–Trinajstić information content (AvgIpc) is 2.70. The predicted molar refractivity (Wildman–Crippen MR) is 108 cm³/mol. The monoisotopic (exact) mass is 402 g/mol. The number of amides is 1. The number of halogens is 1. The molecule has 1 aliphatic heterocycles. The van der Waals surface area contributed by atoms with Gasteiger partial charge < -0.3 is 5.32 Å². The summed E-state index contributed by atoms with van der Waals surface area (Å²) in [7, 11) is -3.75. The molecule has 148 valence electrons. The zero-order valence-corrected chi connectivity index (χ0v) is 16.6. The molecule has 0 saturated carbocycles. The van der Waals surface area contributed by atoms with E-state index < -0.39 is 21.7 Å². The predicted octanol–water partition coefficient (Wildman–Crippen LogP) is 4.20. The Morgan fingerprint density at radius 1 is 1.14 bits per heavy atom. The smallest absolute Gasteiger partial charge is 0.258 e. The minimum atomic E-state index is -3.75. The van der Waals surface area contributed by atoms with E-state index in [1.165, 1.54) is 10.4 Å². The molecule has 0 atom stereocenters. The van der Waals surface area contributed by atoms with Gasteiger partial charge in [0.15, 0.2) is 0 Å². The van der Waals surface area contributed by atoms with Crippen LogP contribution in [-0.2, 0) is 10.0 Å². The number of carbonyl (C=O) groups is 1. The minimum Gasteiger partial charge on any atom is -0.322 e. The van der Waals surface area contributed by atoms with E-state index in [9.17, 15) is 17.6 Å². The number of aryl methyl sites for hydroxylation is 1. The Balaban J connectivity index is 1.91. The van der Waals surface area contributed by atoms with Crippen molar-refractivity contribution in [1.82, 2.24) is 4.31 Å². The highest BCUT2D eigenvalue weighted by molar-refractivity contribution is 7.89. The molecule has 0 bridgehead atoms. The molecule has 0 aromatic heterocycles. The van der Waals surface area contributed by atoms with Gasteiger partial charge in [-0.15, -0.1) is 0 Å². The first-order chi connectivity index (χ1) is 13.3. The van der Waals surface area contributed by atoms with Crippen LogP contribution >= 0.6 is 0 Å². The maximum Gasteiger partial charge on any atom is 0.258 e. The molecule has 0 unspecified atom stereocenters. The SMILES string of the molecule is C=Cc1ccc(C)c(NC(=O)c2cc(S(=O)(=O)N3CCCCC3)ccc2F)c1. The summed E-state index contributed by atoms with van der Waals surface area (Å²) in [6, 6.07) is 8.75. The highest BCUT2D eigenvalue weighted by atomic mass is 32.2. The lowest BCUT2D eigenvalue weighted by molar-refractivity contribution is 0.102. The number of sulfonamides is 1. The van der Waals surface area contributed by atoms with E-state index in [-0.39, 0.29) is 10.5 Å². The lowest BCUT2D eigenvalue weighted by Gasteiger charge is -2.26. The fourth-order valence-corrected chi connectivity index (χ4v) is 4.73. The van der Waals surface area contributed by atoms with Crippen molar-refractivity contribution in [3.05, 3.63) is 65.5 Å². The number of carbonyl (C=O) groups excluding carboxylic acids is 1. The van der Waals surface area contributed by atoms with E-state index in [4.69, 9.17) is 0 Å². The Bertz CT molecular complexity index is 1010. The summed E-state index contributed by atoms with van der Waals surface area (Å²) in [6.45, 7) is 6.39. The maximum absolute atomic E-state index is 14.3. The number of hydrogen-bond donors (Lipinski definition) is 1. The van der Waals surface area contributed by atoms with Crippen molar-refractivity contribution in [3.63, 3.8) is 0 Å². The molecular formula is C21H23FN2O3S. The van der Waals surface area contributed by atoms with Crippen molar-refractivity contribution in [1.29, 1.82) is 0 Å². The van der Waals surface area contributed by atoms with Crippen LogP contribution in [0.5, 0.6) is 0 Å². The van der Waals surface area contributed by atoms with Crippen LogP contribution < -0.4 is 5.32 Å². The van der Waals surface area contributed by atoms with Gasteiger partial charge in [-0.25, -0.2) is 12.8 Å². The third-order valence-electron chi connectivity index (χ3n) is 4.88. The molecule has 28 heavy (non-hydrogen) atoms. The van der Waals surface area contributed by atoms with Gasteiger partial charge in [0, 0.05) is 18.8 Å². The van der Waals surface area contributed by atoms with Crippen LogP contribution in [0.3, 0.4) is 0 Å². The van der Waals surface area contributed by atoms with Crippen LogP contribution in [0.2, 0.25) is 0 Å². The zero-order valence-electron chi connectivity index (χ0n) is 15.7. The number of benzene rings is 2. The van der Waals surface area contributed by atoms with Crippen LogP contribution in [0.25, 0.3) is 6.08 Å². The maximum atomic E-state index is 14.3. The van der Waals surface area contributed by atoms with Gasteiger partial charge in [0.05, 0.1) is 10.5 Å². The summed E-state index contributed by atoms with van der Waals surface area (Å²) in [6.07, 6.45) is 4.23. The molecule has 1 saturated heterocycles. The van der Waals surface area contributed by atoms with Crippen molar-refractivity contribution in [2.45, 2.75) is 31.1 Å². The topological polar surface area (TPSA) is 66.5 Å². The standard InChI is InChI=1S/C21H23FN2O3S/c1-3-16-8-7-15(2)20(13-16)23-21(25)18-14-17(9-10-19(18)22)28(26,27)24-11-5-4-6-12-24/h3,7-10,13-14H,1,4-6,11-12H2,2H3,(H,23,25). The zero-order chi connectivity index (χ0) is 20.3. The van der Waals surface area contributed by atoms with E-state index >= 15 is 0 Å². The van der Waals surface area contributed by atoms with E-state index in [0.29, 0.717) is 18.8 Å². The average molecular weight is 402 g/mol. The third-order valence-corrected chi connectivity index (χ3v) is 6.78. The van der Waals surface area contributed by atoms with Crippen molar-refractivity contribution in [3.8, 4) is 0 Å². The summed E-state index contributed by atoms with van der Waals surface area (Å²) in [5, 5.41) is 2.67. The van der Waals surface area contributed by atoms with Crippen LogP contribution in [0.4, 0.5) is 10.1 Å². The second-order valence-corrected chi connectivity index (χ2v) is 8.78. The summed E-state index contributed by atoms with van der Waals surface area (Å²) in [4.78, 5) is 12.6. The van der Waals surface area contributed by atoms with Crippen molar-refractivity contribution in [2.24, 2.45) is 0 Å². The molecule has 1 heterocycles. The summed E-state index contributed by atoms with van der Waals surface area (Å²) in [5.41, 5.74) is 1.83. The Morgan fingerprint density at radius 2 is 1.86 bits per heavy atom. The van der Waals surface area contributed by atoms with Gasteiger partial charge in [-0.05, 0) is 55.2 Å². The first-order valence-electron chi connectivity index (χ1n) is 9.17. The lowest BCUT2D eigenvalue weighted by Crippen LogP contribution is -2.35. The highest BCUT2D eigenvalue weighted by Gasteiger charge is 2.27. The molecular weight excluding hydrogens is 379 g/mol. The van der Waals surface area contributed by atoms with Gasteiger partial charge in [-0.1, -0.05) is 31.2 Å². The first kappa shape index (κ1) is 20.2. The molecule has 1 fully saturated rings. The Morgan fingerprint density at radius 3 is 2.54 bits per heavy atom. The Hall–Kier alpha value is -2.51. The number of anilines is 1. The molecule has 0 spiro atoms. The van der Waals surface area contributed by atoms with Gasteiger partial charge in [0.2, 0.25) is 10.0 Å². The number of hydrogen-bond acceptors (Lipinski definition) is 3. The summed E-state index contributed by atoms with van der Waals surface area (Å²) >= 11 is 0. The van der Waals surface area contributed by atoms with Gasteiger partial charge in [-0.3, -0.25) is 4.79 Å². The van der Waals surface area contributed by atoms with Gasteiger partial charge in [0.1, 0.15) is 5.82 Å². The van der Waals surface area contributed by atoms with Crippen molar-refractivity contribution < 1.29 is 17.6 Å². The molecule has 1 N–H and O–H groups in total. The first-order valence-corrected chi connectivity index (χ1v) is 10.6. The van der Waals surface area contributed by atoms with Crippen LogP contribution in [0.1, 0.15) is 40.7 Å². The van der Waals surface area contributed by atoms with E-state index in [0.717, 1.165) is 42.5 Å². The third kappa shape index (κ3) is 4.15. The molecule has 0 radical (unpaired) electrons. The van der Waals surface area contributed by atoms with Crippen LogP contribution in [0, 0.1) is 12.7 Å². The van der Waals surface area contributed by atoms with Crippen molar-refractivity contribution >= 4 is 27.7 Å². The van der Waals surface area contributed by atoms with E-state index in [2.05, 4.69) is 11.9 Å². The number of rotatable bonds is 5. The molecule has 0 aliphatic carbocycles. The van der Waals surface area contributed by atoms with Crippen LogP contribution in [0.15, 0.2) is 47.9 Å². The largest absolute Gasteiger partial charge is 0.322 e. The molecule has 5 nitrogen and oxygen atoms in total. The molecule has 3 rings (SSSR count). The summed E-state index contributed by atoms with van der Waals surface area (Å²) in [5.74, 6) is -1.47. The second-order valence-electron chi connectivity index (χ2n) is 6.84. The molecule has 2 aromatic carbocycles.